The maximum absolute atomic E-state index is 10.2. The molecule has 0 atom stereocenters. The third-order valence-corrected chi connectivity index (χ3v) is 3.98. The van der Waals surface area contributed by atoms with E-state index in [-0.39, 0.29) is 50.8 Å². The minimum atomic E-state index is -0.903. The van der Waals surface area contributed by atoms with Crippen molar-refractivity contribution in [1.29, 1.82) is 0 Å². The fraction of sp³-hybridized carbons (Fsp3) is 0.950. The van der Waals surface area contributed by atoms with Gasteiger partial charge in [-0.05, 0) is 12.8 Å². The fourth-order valence-electron chi connectivity index (χ4n) is 2.64. The Morgan fingerprint density at radius 3 is 1.12 bits per heavy atom. The van der Waals surface area contributed by atoms with Gasteiger partial charge in [0.25, 0.3) is 0 Å². The van der Waals surface area contributed by atoms with Crippen molar-refractivity contribution >= 4 is 43.7 Å². The van der Waals surface area contributed by atoms with Crippen LogP contribution in [0.2, 0.25) is 0 Å². The van der Waals surface area contributed by atoms with Gasteiger partial charge in [0.2, 0.25) is 0 Å². The largest absolute Gasteiger partial charge is 2.00 e. The van der Waals surface area contributed by atoms with Crippen molar-refractivity contribution in [3.05, 3.63) is 0 Å². The molecule has 0 fully saturated rings. The Bertz CT molecular complexity index is 223. The van der Waals surface area contributed by atoms with Crippen molar-refractivity contribution in [2.45, 2.75) is 117 Å². The summed E-state index contributed by atoms with van der Waals surface area (Å²) in [6.07, 6.45) is 19.9. The molecule has 4 heteroatoms. The predicted octanol–water partition coefficient (Wildman–Crippen LogP) is 3.98. The molecule has 0 N–H and O–H groups in total. The Labute approximate surface area is 181 Å². The van der Waals surface area contributed by atoms with Crippen molar-refractivity contribution in [2.75, 3.05) is 6.61 Å². The summed E-state index contributed by atoms with van der Waals surface area (Å²) >= 11 is 0. The number of carbonyl (C=O) groups excluding carboxylic acids is 1. The van der Waals surface area contributed by atoms with Crippen LogP contribution in [0.5, 0.6) is 0 Å². The number of hydrogen-bond acceptors (Lipinski definition) is 3. The van der Waals surface area contributed by atoms with E-state index in [0.29, 0.717) is 0 Å². The minimum absolute atomic E-state index is 0. The molecule has 0 radical (unpaired) electrons. The fourth-order valence-corrected chi connectivity index (χ4v) is 2.64. The molecule has 0 bridgehead atoms. The topological polar surface area (TPSA) is 63.2 Å². The second kappa shape index (κ2) is 28.5. The SMILES string of the molecule is CCCCCCCCCCCCCCCCCC(=O)[O-].CC[O-].[Ca+2]. The van der Waals surface area contributed by atoms with E-state index in [9.17, 15) is 9.90 Å². The number of aliphatic carboxylic acids is 1. The van der Waals surface area contributed by atoms with Crippen LogP contribution in [-0.2, 0) is 4.79 Å². The number of carboxylic acids is 1. The molecule has 0 aromatic rings. The van der Waals surface area contributed by atoms with Gasteiger partial charge < -0.3 is 15.0 Å². The van der Waals surface area contributed by atoms with Crippen LogP contribution in [0.1, 0.15) is 117 Å². The Morgan fingerprint density at radius 2 is 0.875 bits per heavy atom. The molecular formula is C20H40CaO3. The van der Waals surface area contributed by atoms with Gasteiger partial charge in [-0.1, -0.05) is 104 Å². The standard InChI is InChI=1S/C18H36O2.C2H5O.Ca/c1-2-3-4-5-6-7-8-9-10-11-12-13-14-15-16-17-18(19)20;1-2-3;/h2-17H2,1H3,(H,19,20);2H2,1H3;/q;-1;+2/p-1. The molecule has 0 spiro atoms. The number of carbonyl (C=O) groups is 1. The molecule has 0 saturated heterocycles. The van der Waals surface area contributed by atoms with E-state index in [2.05, 4.69) is 6.92 Å². The molecule has 0 aliphatic carbocycles. The number of unbranched alkanes of at least 4 members (excludes halogenated alkanes) is 14. The van der Waals surface area contributed by atoms with E-state index in [0.717, 1.165) is 12.8 Å². The second-order valence-electron chi connectivity index (χ2n) is 6.36. The third-order valence-electron chi connectivity index (χ3n) is 3.98. The quantitative estimate of drug-likeness (QED) is 0.306. The van der Waals surface area contributed by atoms with Crippen molar-refractivity contribution < 1.29 is 15.0 Å². The Hall–Kier alpha value is 0.690. The van der Waals surface area contributed by atoms with Gasteiger partial charge in [-0.15, -0.1) is 6.61 Å². The average molecular weight is 369 g/mol. The molecule has 0 aliphatic rings. The summed E-state index contributed by atoms with van der Waals surface area (Å²) in [7, 11) is 0. The molecule has 0 heterocycles. The zero-order chi connectivity index (χ0) is 17.6. The van der Waals surface area contributed by atoms with Crippen LogP contribution < -0.4 is 10.2 Å². The van der Waals surface area contributed by atoms with Gasteiger partial charge in [-0.3, -0.25) is 0 Å². The van der Waals surface area contributed by atoms with Crippen LogP contribution in [0.3, 0.4) is 0 Å². The Balaban J connectivity index is -0.00000102. The van der Waals surface area contributed by atoms with E-state index in [4.69, 9.17) is 5.11 Å². The van der Waals surface area contributed by atoms with Crippen LogP contribution in [0.4, 0.5) is 0 Å². The molecule has 0 amide bonds. The maximum atomic E-state index is 10.2. The summed E-state index contributed by atoms with van der Waals surface area (Å²) < 4.78 is 0. The van der Waals surface area contributed by atoms with E-state index in [1.165, 1.54) is 83.5 Å². The molecule has 0 aromatic carbocycles. The zero-order valence-electron chi connectivity index (χ0n) is 16.5. The first kappa shape index (κ1) is 29.5. The number of carboxylic acid groups (broad SMARTS) is 1. The van der Waals surface area contributed by atoms with Crippen LogP contribution in [-0.4, -0.2) is 50.3 Å². The Kier molecular flexibility index (Phi) is 35.0. The Morgan fingerprint density at radius 1 is 0.625 bits per heavy atom. The van der Waals surface area contributed by atoms with E-state index in [1.807, 2.05) is 0 Å². The molecule has 3 nitrogen and oxygen atoms in total. The number of hydrogen-bond donors (Lipinski definition) is 0. The monoisotopic (exact) mass is 368 g/mol. The van der Waals surface area contributed by atoms with Crippen molar-refractivity contribution in [3.8, 4) is 0 Å². The number of rotatable bonds is 16. The molecule has 0 aliphatic heterocycles. The zero-order valence-corrected chi connectivity index (χ0v) is 18.7. The molecule has 0 rings (SSSR count). The van der Waals surface area contributed by atoms with Crippen LogP contribution in [0.15, 0.2) is 0 Å². The minimum Gasteiger partial charge on any atom is -0.855 e. The van der Waals surface area contributed by atoms with Gasteiger partial charge in [0, 0.05) is 5.97 Å². The van der Waals surface area contributed by atoms with Crippen molar-refractivity contribution in [3.63, 3.8) is 0 Å². The predicted molar refractivity (Wildman–Crippen MR) is 101 cm³/mol. The second-order valence-corrected chi connectivity index (χ2v) is 6.36. The first-order valence-corrected chi connectivity index (χ1v) is 9.96. The first-order valence-electron chi connectivity index (χ1n) is 9.96. The van der Waals surface area contributed by atoms with Gasteiger partial charge in [-0.25, -0.2) is 0 Å². The molecule has 0 unspecified atom stereocenters. The molecule has 24 heavy (non-hydrogen) atoms. The van der Waals surface area contributed by atoms with E-state index in [1.54, 1.807) is 6.92 Å². The summed E-state index contributed by atoms with van der Waals surface area (Å²) in [5.74, 6) is -0.903. The van der Waals surface area contributed by atoms with Gasteiger partial charge in [-0.2, -0.15) is 0 Å². The van der Waals surface area contributed by atoms with E-state index >= 15 is 0 Å². The first-order chi connectivity index (χ1) is 11.2. The van der Waals surface area contributed by atoms with Crippen LogP contribution in [0.25, 0.3) is 0 Å². The normalized spacial score (nSPS) is 9.79. The van der Waals surface area contributed by atoms with Gasteiger partial charge in [0.15, 0.2) is 0 Å². The summed E-state index contributed by atoms with van der Waals surface area (Å²) in [5.41, 5.74) is 0. The molecule has 0 aromatic heterocycles. The molecule has 0 saturated carbocycles. The summed E-state index contributed by atoms with van der Waals surface area (Å²) in [6, 6.07) is 0. The summed E-state index contributed by atoms with van der Waals surface area (Å²) in [5, 5.41) is 19.2. The third kappa shape index (κ3) is 34.1. The van der Waals surface area contributed by atoms with Crippen molar-refractivity contribution in [2.24, 2.45) is 0 Å². The van der Waals surface area contributed by atoms with Crippen LogP contribution in [0, 0.1) is 0 Å². The van der Waals surface area contributed by atoms with Crippen LogP contribution >= 0.6 is 0 Å². The van der Waals surface area contributed by atoms with Crippen molar-refractivity contribution in [1.82, 2.24) is 0 Å². The van der Waals surface area contributed by atoms with E-state index < -0.39 is 5.97 Å². The van der Waals surface area contributed by atoms with Gasteiger partial charge >= 0.3 is 37.7 Å². The summed E-state index contributed by atoms with van der Waals surface area (Å²) in [4.78, 5) is 10.2. The smallest absolute Gasteiger partial charge is 0.855 e. The molecular weight excluding hydrogens is 328 g/mol. The summed E-state index contributed by atoms with van der Waals surface area (Å²) in [6.45, 7) is 3.84. The average Bonchev–Trinajstić information content (AvgIpc) is 2.51. The maximum Gasteiger partial charge on any atom is 2.00 e. The van der Waals surface area contributed by atoms with Gasteiger partial charge in [0.05, 0.1) is 0 Å². The van der Waals surface area contributed by atoms with Gasteiger partial charge in [0.1, 0.15) is 0 Å². The molecule has 140 valence electrons.